The molecule has 1 aromatic rings. The highest BCUT2D eigenvalue weighted by molar-refractivity contribution is 9.10. The van der Waals surface area contributed by atoms with Crippen molar-refractivity contribution < 1.29 is 9.53 Å². The second kappa shape index (κ2) is 6.71. The van der Waals surface area contributed by atoms with Crippen LogP contribution in [0.4, 0.5) is 0 Å². The van der Waals surface area contributed by atoms with Crippen LogP contribution in [0.5, 0.6) is 0 Å². The number of aromatic nitrogens is 1. The van der Waals surface area contributed by atoms with E-state index in [0.29, 0.717) is 13.1 Å². The third-order valence-electron chi connectivity index (χ3n) is 2.44. The molecule has 0 unspecified atom stereocenters. The first-order chi connectivity index (χ1) is 8.02. The fraction of sp³-hybridized carbons (Fsp3) is 0.500. The van der Waals surface area contributed by atoms with Crippen LogP contribution >= 0.6 is 15.9 Å². The summed E-state index contributed by atoms with van der Waals surface area (Å²) in [5.41, 5.74) is 1.07. The molecule has 0 radical (unpaired) electrons. The molecule has 5 heteroatoms. The summed E-state index contributed by atoms with van der Waals surface area (Å²) in [6.45, 7) is 5.07. The van der Waals surface area contributed by atoms with Crippen molar-refractivity contribution in [1.29, 1.82) is 0 Å². The molecule has 4 nitrogen and oxygen atoms in total. The Bertz CT molecular complexity index is 383. The summed E-state index contributed by atoms with van der Waals surface area (Å²) < 4.78 is 5.63. The average Bonchev–Trinajstić information content (AvgIpc) is 2.27. The first kappa shape index (κ1) is 14.1. The SMILES string of the molecule is COC(=O)CN(Cc1cncc(Br)c1)C(C)C. The molecule has 0 bridgehead atoms. The number of esters is 1. The predicted molar refractivity (Wildman–Crippen MR) is 69.5 cm³/mol. The minimum Gasteiger partial charge on any atom is -0.468 e. The van der Waals surface area contributed by atoms with E-state index in [-0.39, 0.29) is 12.0 Å². The van der Waals surface area contributed by atoms with Crippen LogP contribution in [-0.4, -0.2) is 35.5 Å². The van der Waals surface area contributed by atoms with E-state index < -0.39 is 0 Å². The maximum atomic E-state index is 11.3. The summed E-state index contributed by atoms with van der Waals surface area (Å²) in [5.74, 6) is -0.221. The van der Waals surface area contributed by atoms with Crippen LogP contribution in [0.2, 0.25) is 0 Å². The molecule has 0 aromatic carbocycles. The number of pyridine rings is 1. The van der Waals surface area contributed by atoms with Crippen molar-refractivity contribution in [3.63, 3.8) is 0 Å². The van der Waals surface area contributed by atoms with Crippen LogP contribution in [0, 0.1) is 0 Å². The molecule has 17 heavy (non-hydrogen) atoms. The van der Waals surface area contributed by atoms with Gasteiger partial charge in [-0.05, 0) is 41.4 Å². The molecule has 0 fully saturated rings. The van der Waals surface area contributed by atoms with E-state index in [4.69, 9.17) is 0 Å². The maximum absolute atomic E-state index is 11.3. The Morgan fingerprint density at radius 1 is 1.53 bits per heavy atom. The Balaban J connectivity index is 2.70. The molecular weight excluding hydrogens is 284 g/mol. The van der Waals surface area contributed by atoms with Gasteiger partial charge in [-0.3, -0.25) is 14.7 Å². The van der Waals surface area contributed by atoms with E-state index in [9.17, 15) is 4.79 Å². The van der Waals surface area contributed by atoms with Gasteiger partial charge in [0.2, 0.25) is 0 Å². The van der Waals surface area contributed by atoms with Crippen LogP contribution in [-0.2, 0) is 16.1 Å². The van der Waals surface area contributed by atoms with Crippen LogP contribution < -0.4 is 0 Å². The zero-order chi connectivity index (χ0) is 12.8. The lowest BCUT2D eigenvalue weighted by Crippen LogP contribution is -2.35. The Morgan fingerprint density at radius 2 is 2.24 bits per heavy atom. The van der Waals surface area contributed by atoms with Crippen molar-refractivity contribution in [2.75, 3.05) is 13.7 Å². The minimum atomic E-state index is -0.221. The van der Waals surface area contributed by atoms with Crippen molar-refractivity contribution in [3.05, 3.63) is 28.5 Å². The number of ether oxygens (including phenoxy) is 1. The fourth-order valence-electron chi connectivity index (χ4n) is 1.43. The van der Waals surface area contributed by atoms with Crippen molar-refractivity contribution in [1.82, 2.24) is 9.88 Å². The molecular formula is C12H17BrN2O2. The van der Waals surface area contributed by atoms with Crippen molar-refractivity contribution >= 4 is 21.9 Å². The number of methoxy groups -OCH3 is 1. The van der Waals surface area contributed by atoms with Gasteiger partial charge in [0.25, 0.3) is 0 Å². The first-order valence-corrected chi connectivity index (χ1v) is 6.22. The highest BCUT2D eigenvalue weighted by Crippen LogP contribution is 2.13. The van der Waals surface area contributed by atoms with Gasteiger partial charge in [0, 0.05) is 29.5 Å². The van der Waals surface area contributed by atoms with Gasteiger partial charge < -0.3 is 4.74 Å². The van der Waals surface area contributed by atoms with Gasteiger partial charge in [-0.1, -0.05) is 0 Å². The molecule has 0 atom stereocenters. The molecule has 1 heterocycles. The highest BCUT2D eigenvalue weighted by atomic mass is 79.9. The molecule has 0 saturated carbocycles. The largest absolute Gasteiger partial charge is 0.468 e. The predicted octanol–water partition coefficient (Wildman–Crippen LogP) is 2.23. The maximum Gasteiger partial charge on any atom is 0.319 e. The van der Waals surface area contributed by atoms with E-state index in [2.05, 4.69) is 25.7 Å². The number of halogens is 1. The van der Waals surface area contributed by atoms with Crippen LogP contribution in [0.25, 0.3) is 0 Å². The molecule has 0 amide bonds. The average molecular weight is 301 g/mol. The van der Waals surface area contributed by atoms with Crippen molar-refractivity contribution in [3.8, 4) is 0 Å². The third-order valence-corrected chi connectivity index (χ3v) is 2.87. The second-order valence-corrected chi connectivity index (χ2v) is 5.00. The molecule has 0 aliphatic heterocycles. The quantitative estimate of drug-likeness (QED) is 0.782. The molecule has 0 spiro atoms. The lowest BCUT2D eigenvalue weighted by molar-refractivity contribution is -0.142. The number of nitrogens with zero attached hydrogens (tertiary/aromatic N) is 2. The third kappa shape index (κ3) is 4.83. The zero-order valence-corrected chi connectivity index (χ0v) is 11.9. The van der Waals surface area contributed by atoms with Gasteiger partial charge in [-0.15, -0.1) is 0 Å². The van der Waals surface area contributed by atoms with Gasteiger partial charge in [-0.2, -0.15) is 0 Å². The Kier molecular flexibility index (Phi) is 5.58. The number of hydrogen-bond donors (Lipinski definition) is 0. The summed E-state index contributed by atoms with van der Waals surface area (Å²) >= 11 is 3.38. The standard InChI is InChI=1S/C12H17BrN2O2/c1-9(2)15(8-12(16)17-3)7-10-4-11(13)6-14-5-10/h4-6,9H,7-8H2,1-3H3. The summed E-state index contributed by atoms with van der Waals surface area (Å²) in [6, 6.07) is 2.27. The summed E-state index contributed by atoms with van der Waals surface area (Å²) in [4.78, 5) is 17.4. The van der Waals surface area contributed by atoms with Crippen molar-refractivity contribution in [2.24, 2.45) is 0 Å². The number of carbonyl (C=O) groups is 1. The van der Waals surface area contributed by atoms with E-state index in [1.165, 1.54) is 7.11 Å². The Morgan fingerprint density at radius 3 is 2.76 bits per heavy atom. The topological polar surface area (TPSA) is 42.4 Å². The molecule has 0 saturated heterocycles. The first-order valence-electron chi connectivity index (χ1n) is 5.43. The molecule has 0 aliphatic rings. The number of rotatable bonds is 5. The lowest BCUT2D eigenvalue weighted by atomic mass is 10.2. The van der Waals surface area contributed by atoms with E-state index in [1.54, 1.807) is 12.4 Å². The summed E-state index contributed by atoms with van der Waals surface area (Å²) in [6.07, 6.45) is 3.54. The second-order valence-electron chi connectivity index (χ2n) is 4.09. The molecule has 1 aromatic heterocycles. The van der Waals surface area contributed by atoms with E-state index in [1.807, 2.05) is 24.8 Å². The smallest absolute Gasteiger partial charge is 0.319 e. The monoisotopic (exact) mass is 300 g/mol. The summed E-state index contributed by atoms with van der Waals surface area (Å²) in [5, 5.41) is 0. The Labute approximate surface area is 110 Å². The van der Waals surface area contributed by atoms with Crippen LogP contribution in [0.3, 0.4) is 0 Å². The van der Waals surface area contributed by atoms with Crippen molar-refractivity contribution in [2.45, 2.75) is 26.4 Å². The Hall–Kier alpha value is -0.940. The molecule has 94 valence electrons. The van der Waals surface area contributed by atoms with Gasteiger partial charge in [0.05, 0.1) is 13.7 Å². The zero-order valence-electron chi connectivity index (χ0n) is 10.3. The van der Waals surface area contributed by atoms with Gasteiger partial charge in [0.15, 0.2) is 0 Å². The number of hydrogen-bond acceptors (Lipinski definition) is 4. The molecule has 1 rings (SSSR count). The molecule has 0 aliphatic carbocycles. The van der Waals surface area contributed by atoms with E-state index >= 15 is 0 Å². The fourth-order valence-corrected chi connectivity index (χ4v) is 1.84. The lowest BCUT2D eigenvalue weighted by Gasteiger charge is -2.25. The molecule has 0 N–H and O–H groups in total. The van der Waals surface area contributed by atoms with E-state index in [0.717, 1.165) is 10.0 Å². The van der Waals surface area contributed by atoms with Gasteiger partial charge in [-0.25, -0.2) is 0 Å². The minimum absolute atomic E-state index is 0.221. The highest BCUT2D eigenvalue weighted by Gasteiger charge is 2.14. The van der Waals surface area contributed by atoms with Gasteiger partial charge >= 0.3 is 5.97 Å². The van der Waals surface area contributed by atoms with Crippen LogP contribution in [0.1, 0.15) is 19.4 Å². The van der Waals surface area contributed by atoms with Crippen LogP contribution in [0.15, 0.2) is 22.9 Å². The van der Waals surface area contributed by atoms with Gasteiger partial charge in [0.1, 0.15) is 0 Å². The normalized spacial score (nSPS) is 10.9. The summed E-state index contributed by atoms with van der Waals surface area (Å²) in [7, 11) is 1.40. The number of carbonyl (C=O) groups excluding carboxylic acids is 1.